The average molecular weight is 498 g/mol. The van der Waals surface area contributed by atoms with E-state index in [9.17, 15) is 25.0 Å². The van der Waals surface area contributed by atoms with E-state index < -0.39 is 42.2 Å². The molecule has 2 aromatic rings. The summed E-state index contributed by atoms with van der Waals surface area (Å²) in [6.45, 7) is 0. The van der Waals surface area contributed by atoms with Gasteiger partial charge >= 0.3 is 5.97 Å². The van der Waals surface area contributed by atoms with E-state index >= 15 is 0 Å². The molecule has 30 heavy (non-hydrogen) atoms. The lowest BCUT2D eigenvalue weighted by atomic mass is 10.2. The van der Waals surface area contributed by atoms with E-state index in [2.05, 4.69) is 10.8 Å². The Labute approximate surface area is 189 Å². The molecule has 0 aliphatic rings. The highest BCUT2D eigenvalue weighted by molar-refractivity contribution is 6.68. The van der Waals surface area contributed by atoms with Crippen molar-refractivity contribution in [3.63, 3.8) is 0 Å². The molecule has 0 saturated heterocycles. The SMILES string of the molecule is O=C(Cc1ccccc1)ON[C@@H](Nc1cc([N+](=O)[O-])c(Cl)cc1[N+](=O)[O-])C(Cl)(Cl)Cl. The van der Waals surface area contributed by atoms with Gasteiger partial charge in [0.2, 0.25) is 3.79 Å². The first-order chi connectivity index (χ1) is 14.0. The van der Waals surface area contributed by atoms with E-state index in [-0.39, 0.29) is 12.1 Å². The van der Waals surface area contributed by atoms with Crippen LogP contribution in [0.2, 0.25) is 5.02 Å². The minimum absolute atomic E-state index is 0.104. The molecule has 14 heteroatoms. The largest absolute Gasteiger partial charge is 0.368 e. The van der Waals surface area contributed by atoms with Crippen LogP contribution in [0.4, 0.5) is 17.1 Å². The zero-order valence-electron chi connectivity index (χ0n) is 14.7. The van der Waals surface area contributed by atoms with Gasteiger partial charge in [-0.3, -0.25) is 25.0 Å². The number of nitro groups is 2. The fourth-order valence-corrected chi connectivity index (χ4v) is 2.74. The smallest absolute Gasteiger partial charge is 0.329 e. The molecule has 10 nitrogen and oxygen atoms in total. The van der Waals surface area contributed by atoms with Crippen molar-refractivity contribution in [1.82, 2.24) is 5.48 Å². The van der Waals surface area contributed by atoms with Gasteiger partial charge in [-0.15, -0.1) is 5.48 Å². The Balaban J connectivity index is 2.22. The Morgan fingerprint density at radius 2 is 1.67 bits per heavy atom. The summed E-state index contributed by atoms with van der Waals surface area (Å²) in [5, 5.41) is 24.3. The van der Waals surface area contributed by atoms with Gasteiger partial charge in [-0.1, -0.05) is 76.7 Å². The van der Waals surface area contributed by atoms with Gasteiger partial charge in [-0.05, 0) is 5.56 Å². The molecule has 0 amide bonds. The van der Waals surface area contributed by atoms with E-state index in [1.807, 2.05) is 0 Å². The number of anilines is 1. The second-order valence-electron chi connectivity index (χ2n) is 5.71. The van der Waals surface area contributed by atoms with Gasteiger partial charge in [0.1, 0.15) is 10.7 Å². The predicted octanol–water partition coefficient (Wildman–Crippen LogP) is 4.56. The molecule has 2 N–H and O–H groups in total. The van der Waals surface area contributed by atoms with Crippen LogP contribution in [0.5, 0.6) is 0 Å². The van der Waals surface area contributed by atoms with Crippen molar-refractivity contribution in [2.24, 2.45) is 0 Å². The normalized spacial score (nSPS) is 12.1. The molecule has 0 aromatic heterocycles. The Morgan fingerprint density at radius 1 is 1.07 bits per heavy atom. The van der Waals surface area contributed by atoms with E-state index in [1.54, 1.807) is 30.3 Å². The van der Waals surface area contributed by atoms with Crippen molar-refractivity contribution in [2.45, 2.75) is 16.4 Å². The standard InChI is InChI=1S/C16H12Cl4N4O6/c17-10-7-13(24(28)29)11(8-12(10)23(26)27)21-15(16(18,19)20)22-30-14(25)6-9-4-2-1-3-5-9/h1-5,7-8,15,21-22H,6H2/t15-/m1/s1. The summed E-state index contributed by atoms with van der Waals surface area (Å²) in [6.07, 6.45) is -1.62. The predicted molar refractivity (Wildman–Crippen MR) is 112 cm³/mol. The number of alkyl halides is 3. The van der Waals surface area contributed by atoms with Crippen molar-refractivity contribution in [3.8, 4) is 0 Å². The first kappa shape index (κ1) is 23.9. The number of rotatable bonds is 8. The fraction of sp³-hybridized carbons (Fsp3) is 0.188. The lowest BCUT2D eigenvalue weighted by Gasteiger charge is -2.26. The highest BCUT2D eigenvalue weighted by Gasteiger charge is 2.36. The zero-order chi connectivity index (χ0) is 22.5. The van der Waals surface area contributed by atoms with Crippen LogP contribution in [-0.4, -0.2) is 25.8 Å². The Bertz CT molecular complexity index is 955. The maximum atomic E-state index is 12.0. The summed E-state index contributed by atoms with van der Waals surface area (Å²) in [5.41, 5.74) is 1.21. The van der Waals surface area contributed by atoms with Crippen LogP contribution >= 0.6 is 46.4 Å². The first-order valence-electron chi connectivity index (χ1n) is 7.93. The molecule has 2 aromatic carbocycles. The summed E-state index contributed by atoms with van der Waals surface area (Å²) in [5.74, 6) is -0.737. The molecule has 0 aliphatic carbocycles. The van der Waals surface area contributed by atoms with Crippen molar-refractivity contribution in [3.05, 3.63) is 73.3 Å². The Morgan fingerprint density at radius 3 is 2.20 bits per heavy atom. The molecule has 160 valence electrons. The first-order valence-corrected chi connectivity index (χ1v) is 9.45. The molecular weight excluding hydrogens is 486 g/mol. The molecule has 1 atom stereocenters. The summed E-state index contributed by atoms with van der Waals surface area (Å²) in [4.78, 5) is 37.6. The van der Waals surface area contributed by atoms with Gasteiger partial charge in [0, 0.05) is 12.1 Å². The lowest BCUT2D eigenvalue weighted by molar-refractivity contribution is -0.388. The third-order valence-corrected chi connectivity index (χ3v) is 4.52. The number of halogens is 4. The fourth-order valence-electron chi connectivity index (χ4n) is 2.21. The minimum Gasteiger partial charge on any atom is -0.368 e. The molecule has 0 unspecified atom stereocenters. The minimum atomic E-state index is -2.19. The van der Waals surface area contributed by atoms with Gasteiger partial charge in [-0.2, -0.15) is 0 Å². The molecule has 2 rings (SSSR count). The Kier molecular flexibility index (Phi) is 8.04. The van der Waals surface area contributed by atoms with Crippen LogP contribution in [0.1, 0.15) is 5.56 Å². The summed E-state index contributed by atoms with van der Waals surface area (Å²) < 4.78 is -2.19. The second-order valence-corrected chi connectivity index (χ2v) is 8.48. The number of hydrogen-bond acceptors (Lipinski definition) is 8. The summed E-state index contributed by atoms with van der Waals surface area (Å²) in [6, 6.07) is 10.2. The van der Waals surface area contributed by atoms with Crippen LogP contribution in [0.25, 0.3) is 0 Å². The maximum Gasteiger partial charge on any atom is 0.329 e. The number of carbonyl (C=O) groups is 1. The molecule has 0 saturated carbocycles. The van der Waals surface area contributed by atoms with Crippen LogP contribution in [0.15, 0.2) is 42.5 Å². The van der Waals surface area contributed by atoms with E-state index in [1.165, 1.54) is 0 Å². The third-order valence-electron chi connectivity index (χ3n) is 3.57. The number of nitrogens with zero attached hydrogens (tertiary/aromatic N) is 2. The van der Waals surface area contributed by atoms with Gasteiger partial charge in [0.15, 0.2) is 6.17 Å². The van der Waals surface area contributed by atoms with Crippen molar-refractivity contribution in [2.75, 3.05) is 5.32 Å². The van der Waals surface area contributed by atoms with Gasteiger partial charge in [-0.25, -0.2) is 0 Å². The third kappa shape index (κ3) is 6.57. The number of nitrogens with one attached hydrogen (secondary N) is 2. The number of carbonyl (C=O) groups excluding carboxylic acids is 1. The van der Waals surface area contributed by atoms with Gasteiger partial charge in [0.25, 0.3) is 11.4 Å². The van der Waals surface area contributed by atoms with E-state index in [4.69, 9.17) is 51.2 Å². The van der Waals surface area contributed by atoms with Gasteiger partial charge < -0.3 is 10.2 Å². The molecule has 0 fully saturated rings. The highest BCUT2D eigenvalue weighted by atomic mass is 35.6. The van der Waals surface area contributed by atoms with Crippen LogP contribution in [-0.2, 0) is 16.1 Å². The number of hydrogen-bond donors (Lipinski definition) is 2. The number of hydroxylamine groups is 1. The summed E-state index contributed by atoms with van der Waals surface area (Å²) >= 11 is 23.2. The molecule has 0 spiro atoms. The molecule has 0 heterocycles. The van der Waals surface area contributed by atoms with Crippen LogP contribution in [0, 0.1) is 20.2 Å². The zero-order valence-corrected chi connectivity index (χ0v) is 17.7. The molecule has 0 radical (unpaired) electrons. The van der Waals surface area contributed by atoms with Crippen molar-refractivity contribution >= 4 is 69.4 Å². The van der Waals surface area contributed by atoms with Crippen molar-refractivity contribution < 1.29 is 19.5 Å². The van der Waals surface area contributed by atoms with Crippen LogP contribution in [0.3, 0.4) is 0 Å². The number of benzene rings is 2. The van der Waals surface area contributed by atoms with Crippen molar-refractivity contribution in [1.29, 1.82) is 0 Å². The molecule has 0 aliphatic heterocycles. The quantitative estimate of drug-likeness (QED) is 0.234. The monoisotopic (exact) mass is 496 g/mol. The molecule has 0 bridgehead atoms. The Hall–Kier alpha value is -2.37. The second kappa shape index (κ2) is 10.1. The number of nitro benzene ring substituents is 2. The lowest BCUT2D eigenvalue weighted by Crippen LogP contribution is -2.47. The highest BCUT2D eigenvalue weighted by Crippen LogP contribution is 2.38. The maximum absolute atomic E-state index is 12.0. The van der Waals surface area contributed by atoms with E-state index in [0.717, 1.165) is 12.1 Å². The van der Waals surface area contributed by atoms with Crippen LogP contribution < -0.4 is 10.8 Å². The van der Waals surface area contributed by atoms with Gasteiger partial charge in [0.05, 0.1) is 16.3 Å². The topological polar surface area (TPSA) is 137 Å². The van der Waals surface area contributed by atoms with E-state index in [0.29, 0.717) is 5.56 Å². The average Bonchev–Trinajstić information content (AvgIpc) is 2.65. The summed E-state index contributed by atoms with van der Waals surface area (Å²) in [7, 11) is 0. The molecular formula is C16H12Cl4N4O6.